The van der Waals surface area contributed by atoms with Crippen LogP contribution in [0, 0.1) is 6.92 Å². The van der Waals surface area contributed by atoms with Gasteiger partial charge in [-0.3, -0.25) is 4.79 Å². The number of hydrogen-bond donors (Lipinski definition) is 1. The fourth-order valence-corrected chi connectivity index (χ4v) is 3.84. The molecule has 1 N–H and O–H groups in total. The molecule has 4 rings (SSSR count). The quantitative estimate of drug-likeness (QED) is 0.815. The number of ether oxygens (including phenoxy) is 1. The summed E-state index contributed by atoms with van der Waals surface area (Å²) < 4.78 is 5.76. The van der Waals surface area contributed by atoms with Crippen molar-refractivity contribution < 1.29 is 14.6 Å². The third-order valence-corrected chi connectivity index (χ3v) is 5.50. The molecule has 0 saturated carbocycles. The van der Waals surface area contributed by atoms with Gasteiger partial charge in [-0.05, 0) is 67.1 Å². The van der Waals surface area contributed by atoms with E-state index >= 15 is 0 Å². The first-order chi connectivity index (χ1) is 11.9. The van der Waals surface area contributed by atoms with Crippen molar-refractivity contribution >= 4 is 23.0 Å². The summed E-state index contributed by atoms with van der Waals surface area (Å²) in [4.78, 5) is 12.8. The highest BCUT2D eigenvalue weighted by Crippen LogP contribution is 2.45. The molecule has 2 atom stereocenters. The Balaban J connectivity index is 1.87. The first kappa shape index (κ1) is 16.4. The van der Waals surface area contributed by atoms with Gasteiger partial charge in [0.05, 0.1) is 5.57 Å². The molecular formula is C21H19ClO3. The van der Waals surface area contributed by atoms with Crippen LogP contribution in [0.1, 0.15) is 30.9 Å². The van der Waals surface area contributed by atoms with Crippen molar-refractivity contribution in [2.45, 2.75) is 38.4 Å². The molecule has 2 aliphatic heterocycles. The Morgan fingerprint density at radius 1 is 1.16 bits per heavy atom. The summed E-state index contributed by atoms with van der Waals surface area (Å²) in [6, 6.07) is 13.5. The molecule has 2 aromatic rings. The van der Waals surface area contributed by atoms with Gasteiger partial charge in [0.2, 0.25) is 0 Å². The number of rotatable bonds is 2. The highest BCUT2D eigenvalue weighted by Gasteiger charge is 2.50. The maximum absolute atomic E-state index is 12.8. The molecule has 2 bridgehead atoms. The third kappa shape index (κ3) is 2.59. The summed E-state index contributed by atoms with van der Waals surface area (Å²) in [6.45, 7) is 3.81. The van der Waals surface area contributed by atoms with E-state index in [1.165, 1.54) is 0 Å². The molecular weight excluding hydrogens is 336 g/mol. The second-order valence-corrected chi connectivity index (χ2v) is 7.44. The predicted octanol–water partition coefficient (Wildman–Crippen LogP) is 5.10. The summed E-state index contributed by atoms with van der Waals surface area (Å²) in [5.41, 5.74) is 3.38. The van der Waals surface area contributed by atoms with E-state index < -0.39 is 11.7 Å². The highest BCUT2D eigenvalue weighted by molar-refractivity contribution is 6.30. The summed E-state index contributed by atoms with van der Waals surface area (Å²) in [6.07, 6.45) is 0.863. The molecule has 0 radical (unpaired) electrons. The van der Waals surface area contributed by atoms with Gasteiger partial charge in [0, 0.05) is 5.02 Å². The van der Waals surface area contributed by atoms with Gasteiger partial charge in [0.25, 0.3) is 0 Å². The number of aryl methyl sites for hydroxylation is 1. The fraction of sp³-hybridized carbons (Fsp3) is 0.286. The maximum Gasteiger partial charge on any atom is 0.195 e. The summed E-state index contributed by atoms with van der Waals surface area (Å²) in [7, 11) is 0. The molecule has 25 heavy (non-hydrogen) atoms. The van der Waals surface area contributed by atoms with E-state index in [1.54, 1.807) is 0 Å². The van der Waals surface area contributed by atoms with Crippen LogP contribution in [0.4, 0.5) is 0 Å². The summed E-state index contributed by atoms with van der Waals surface area (Å²) >= 11 is 5.97. The van der Waals surface area contributed by atoms with E-state index in [0.29, 0.717) is 23.4 Å². The van der Waals surface area contributed by atoms with E-state index in [-0.39, 0.29) is 11.5 Å². The van der Waals surface area contributed by atoms with Crippen LogP contribution in [0.3, 0.4) is 0 Å². The summed E-state index contributed by atoms with van der Waals surface area (Å²) in [5.74, 6) is -0.0635. The Morgan fingerprint density at radius 3 is 2.56 bits per heavy atom. The van der Waals surface area contributed by atoms with Crippen molar-refractivity contribution in [1.29, 1.82) is 0 Å². The Hall–Kier alpha value is -2.10. The molecule has 2 heterocycles. The van der Waals surface area contributed by atoms with Gasteiger partial charge >= 0.3 is 0 Å². The number of ketones is 1. The van der Waals surface area contributed by atoms with Gasteiger partial charge in [-0.2, -0.15) is 0 Å². The lowest BCUT2D eigenvalue weighted by Gasteiger charge is -2.31. The minimum Gasteiger partial charge on any atom is -0.508 e. The smallest absolute Gasteiger partial charge is 0.195 e. The van der Waals surface area contributed by atoms with Crippen LogP contribution in [0.5, 0.6) is 0 Å². The zero-order chi connectivity index (χ0) is 17.8. The first-order valence-corrected chi connectivity index (χ1v) is 8.79. The number of carbonyl (C=O) groups excluding carboxylic acids is 1. The standard InChI is InChI=1S/C21H19ClO3/c1-12-3-4-14(13-5-7-15(22)8-6-13)11-16(12)18-19(23)17-9-10-21(2,25-17)20(18)24/h3-8,11,17,24H,9-10H2,1-2H3/t17-,21-/m1/s1. The zero-order valence-corrected chi connectivity index (χ0v) is 14.9. The molecule has 2 aliphatic rings. The molecule has 1 saturated heterocycles. The molecule has 3 nitrogen and oxygen atoms in total. The Morgan fingerprint density at radius 2 is 1.84 bits per heavy atom. The van der Waals surface area contributed by atoms with Crippen molar-refractivity contribution in [1.82, 2.24) is 0 Å². The van der Waals surface area contributed by atoms with Crippen LogP contribution < -0.4 is 0 Å². The normalized spacial score (nSPS) is 25.6. The number of benzene rings is 2. The molecule has 128 valence electrons. The summed E-state index contributed by atoms with van der Waals surface area (Å²) in [5, 5.41) is 11.5. The van der Waals surface area contributed by atoms with Crippen LogP contribution >= 0.6 is 11.6 Å². The molecule has 0 amide bonds. The lowest BCUT2D eigenvalue weighted by molar-refractivity contribution is -0.130. The fourth-order valence-electron chi connectivity index (χ4n) is 3.71. The zero-order valence-electron chi connectivity index (χ0n) is 14.2. The largest absolute Gasteiger partial charge is 0.508 e. The van der Waals surface area contributed by atoms with E-state index in [1.807, 2.05) is 56.3 Å². The molecule has 0 unspecified atom stereocenters. The van der Waals surface area contributed by atoms with Crippen LogP contribution in [0.25, 0.3) is 16.7 Å². The average molecular weight is 355 g/mol. The maximum atomic E-state index is 12.8. The van der Waals surface area contributed by atoms with Crippen LogP contribution in [-0.4, -0.2) is 22.6 Å². The lowest BCUT2D eigenvalue weighted by atomic mass is 9.87. The van der Waals surface area contributed by atoms with Crippen molar-refractivity contribution in [2.75, 3.05) is 0 Å². The minimum absolute atomic E-state index is 0.0580. The van der Waals surface area contributed by atoms with E-state index in [9.17, 15) is 9.90 Å². The van der Waals surface area contributed by atoms with Gasteiger partial charge in [0.15, 0.2) is 5.78 Å². The average Bonchev–Trinajstić information content (AvgIpc) is 2.97. The van der Waals surface area contributed by atoms with Crippen molar-refractivity contribution in [3.63, 3.8) is 0 Å². The number of halogens is 1. The topological polar surface area (TPSA) is 46.5 Å². The second-order valence-electron chi connectivity index (χ2n) is 7.00. The molecule has 4 heteroatoms. The number of hydrogen-bond acceptors (Lipinski definition) is 3. The van der Waals surface area contributed by atoms with Gasteiger partial charge in [-0.25, -0.2) is 0 Å². The molecule has 1 fully saturated rings. The number of aliphatic hydroxyl groups excluding tert-OH is 1. The highest BCUT2D eigenvalue weighted by atomic mass is 35.5. The van der Waals surface area contributed by atoms with Crippen LogP contribution in [0.15, 0.2) is 48.2 Å². The molecule has 0 aliphatic carbocycles. The SMILES string of the molecule is Cc1ccc(-c2ccc(Cl)cc2)cc1C1=C(O)[C@@]2(C)CC[C@@H](O2)C1=O. The van der Waals surface area contributed by atoms with Gasteiger partial charge in [0.1, 0.15) is 17.5 Å². The lowest BCUT2D eigenvalue weighted by Crippen LogP contribution is -2.37. The van der Waals surface area contributed by atoms with E-state index in [4.69, 9.17) is 16.3 Å². The molecule has 0 spiro atoms. The van der Waals surface area contributed by atoms with Crippen molar-refractivity contribution in [3.05, 3.63) is 64.4 Å². The second kappa shape index (κ2) is 5.72. The van der Waals surface area contributed by atoms with Crippen molar-refractivity contribution in [2.24, 2.45) is 0 Å². The van der Waals surface area contributed by atoms with Crippen LogP contribution in [0.2, 0.25) is 5.02 Å². The van der Waals surface area contributed by atoms with E-state index in [0.717, 1.165) is 22.3 Å². The number of carbonyl (C=O) groups is 1. The predicted molar refractivity (Wildman–Crippen MR) is 98.7 cm³/mol. The van der Waals surface area contributed by atoms with Gasteiger partial charge < -0.3 is 9.84 Å². The monoisotopic (exact) mass is 354 g/mol. The van der Waals surface area contributed by atoms with Crippen molar-refractivity contribution in [3.8, 4) is 11.1 Å². The molecule has 2 aromatic carbocycles. The number of Topliss-reactive ketones (excluding diaryl/α,β-unsaturated/α-hetero) is 1. The first-order valence-electron chi connectivity index (χ1n) is 8.42. The van der Waals surface area contributed by atoms with E-state index in [2.05, 4.69) is 0 Å². The third-order valence-electron chi connectivity index (χ3n) is 5.25. The number of aliphatic hydroxyl groups is 1. The van der Waals surface area contributed by atoms with Gasteiger partial charge in [-0.15, -0.1) is 0 Å². The molecule has 0 aromatic heterocycles. The number of fused-ring (bicyclic) bond motifs is 2. The van der Waals surface area contributed by atoms with Gasteiger partial charge in [-0.1, -0.05) is 35.9 Å². The van der Waals surface area contributed by atoms with Crippen LogP contribution in [-0.2, 0) is 9.53 Å². The minimum atomic E-state index is -0.753. The Labute approximate surface area is 151 Å². The Kier molecular flexibility index (Phi) is 3.75. The Bertz CT molecular complexity index is 898.